The predicted octanol–water partition coefficient (Wildman–Crippen LogP) is 0.994. The van der Waals surface area contributed by atoms with E-state index in [1.54, 1.807) is 0 Å². The van der Waals surface area contributed by atoms with Crippen molar-refractivity contribution in [1.29, 1.82) is 0 Å². The number of azo groups is 4. The van der Waals surface area contributed by atoms with Gasteiger partial charge in [0.2, 0.25) is 0 Å². The molecule has 0 aliphatic carbocycles. The summed E-state index contributed by atoms with van der Waals surface area (Å²) in [5.41, 5.74) is -1.45. The summed E-state index contributed by atoms with van der Waals surface area (Å²) in [4.78, 5) is 9.72. The van der Waals surface area contributed by atoms with Crippen molar-refractivity contribution in [2.45, 2.75) is 33.4 Å². The van der Waals surface area contributed by atoms with Crippen molar-refractivity contribution in [3.05, 3.63) is 140 Å². The molecule has 412 valence electrons. The number of carbonyl (C=O) groups excluding carboxylic acids is 1. The van der Waals surface area contributed by atoms with Crippen LogP contribution < -0.4 is 139 Å². The molecule has 0 saturated heterocycles. The molecule has 0 aliphatic heterocycles. The SMILES string of the molecule is Cc1cc(N=Nc2c(S(=O)(=O)[O-])cc3cc(NC(=O)Nc4ccc5c([O-])c(N=Nc6ccc(N=Nc7c(Cl)cc(Cl)cc7S(=O)(=O)O)c(C)c6)c(S(=O)(=O)[O-])cc5c4)ccc3c2[O-])ccc1N=Nc1c(Cl)cc(Cl)cc1S(=O)(=O)O.[Na+].[Na+].[Na+].[Na+]. The van der Waals surface area contributed by atoms with E-state index in [1.165, 1.54) is 98.8 Å². The van der Waals surface area contributed by atoms with Crippen LogP contribution in [0.5, 0.6) is 11.5 Å². The van der Waals surface area contributed by atoms with E-state index in [2.05, 4.69) is 51.5 Å². The first-order chi connectivity index (χ1) is 37.3. The van der Waals surface area contributed by atoms with Crippen LogP contribution in [0.2, 0.25) is 20.1 Å². The van der Waals surface area contributed by atoms with Gasteiger partial charge in [-0.25, -0.2) is 21.6 Å². The summed E-state index contributed by atoms with van der Waals surface area (Å²) >= 11 is 24.0. The largest absolute Gasteiger partial charge is 1.00 e. The van der Waals surface area contributed by atoms with Gasteiger partial charge < -0.3 is 30.0 Å². The molecule has 84 heavy (non-hydrogen) atoms. The molecular formula is C47H28Cl4N10Na4O15S4. The number of urea groups is 1. The molecule has 0 aromatic heterocycles. The van der Waals surface area contributed by atoms with Crippen LogP contribution in [0.25, 0.3) is 21.5 Å². The molecule has 0 unspecified atom stereocenters. The van der Waals surface area contributed by atoms with E-state index in [1.807, 2.05) is 0 Å². The maximum absolute atomic E-state index is 13.7. The monoisotopic (exact) mass is 1330 g/mol. The first-order valence-corrected chi connectivity index (χ1v) is 28.9. The van der Waals surface area contributed by atoms with Crippen molar-refractivity contribution < 1.29 is 185 Å². The van der Waals surface area contributed by atoms with Crippen LogP contribution in [-0.4, -0.2) is 57.9 Å². The van der Waals surface area contributed by atoms with Gasteiger partial charge in [0, 0.05) is 21.4 Å². The summed E-state index contributed by atoms with van der Waals surface area (Å²) < 4.78 is 142. The molecular weight excluding hydrogens is 1310 g/mol. The average Bonchev–Trinajstić information content (AvgIpc) is 3.38. The summed E-state index contributed by atoms with van der Waals surface area (Å²) in [5.74, 6) is -2.06. The number of rotatable bonds is 14. The molecule has 0 radical (unpaired) electrons. The third-order valence-electron chi connectivity index (χ3n) is 11.1. The third kappa shape index (κ3) is 17.4. The predicted molar refractivity (Wildman–Crippen MR) is 287 cm³/mol. The Bertz CT molecular complexity index is 4310. The minimum atomic E-state index is -5.40. The van der Waals surface area contributed by atoms with Gasteiger partial charge in [0.05, 0.1) is 54.0 Å². The quantitative estimate of drug-likeness (QED) is 0.0670. The molecule has 37 heteroatoms. The Balaban J connectivity index is 0.00000378. The van der Waals surface area contributed by atoms with E-state index < -0.39 is 100 Å². The van der Waals surface area contributed by atoms with E-state index >= 15 is 0 Å². The summed E-state index contributed by atoms with van der Waals surface area (Å²) in [6.45, 7) is 3.07. The number of nitrogens with one attached hydrogen (secondary N) is 2. The molecule has 0 aliphatic rings. The fourth-order valence-corrected chi connectivity index (χ4v) is 11.3. The van der Waals surface area contributed by atoms with E-state index in [4.69, 9.17) is 46.4 Å². The fraction of sp³-hybridized carbons (Fsp3) is 0.0426. The number of hydrogen-bond donors (Lipinski definition) is 4. The average molecular weight is 1330 g/mol. The first-order valence-electron chi connectivity index (χ1n) is 21.7. The molecule has 0 bridgehead atoms. The second kappa shape index (κ2) is 29.1. The Labute approximate surface area is 585 Å². The topological polar surface area (TPSA) is 409 Å². The maximum atomic E-state index is 13.7. The van der Waals surface area contributed by atoms with Gasteiger partial charge in [0.1, 0.15) is 41.4 Å². The number of hydrogen-bond acceptors (Lipinski definition) is 21. The zero-order chi connectivity index (χ0) is 58.4. The van der Waals surface area contributed by atoms with E-state index in [0.29, 0.717) is 11.1 Å². The number of anilines is 2. The van der Waals surface area contributed by atoms with Crippen LogP contribution in [0.1, 0.15) is 11.1 Å². The molecule has 0 atom stereocenters. The van der Waals surface area contributed by atoms with E-state index in [9.17, 15) is 66.9 Å². The first kappa shape index (κ1) is 72.8. The second-order valence-electron chi connectivity index (χ2n) is 16.6. The number of halogens is 4. The van der Waals surface area contributed by atoms with Gasteiger partial charge in [-0.05, 0) is 144 Å². The second-order valence-corrected chi connectivity index (χ2v) is 23.8. The molecule has 0 saturated carbocycles. The minimum Gasteiger partial charge on any atom is -0.871 e. The molecule has 0 heterocycles. The molecule has 8 aromatic rings. The number of benzene rings is 8. The van der Waals surface area contributed by atoms with Gasteiger partial charge in [-0.2, -0.15) is 37.3 Å². The van der Waals surface area contributed by atoms with Gasteiger partial charge >= 0.3 is 124 Å². The molecule has 8 aromatic carbocycles. The maximum Gasteiger partial charge on any atom is 1.00 e. The van der Waals surface area contributed by atoms with Crippen LogP contribution in [0.3, 0.4) is 0 Å². The van der Waals surface area contributed by atoms with E-state index in [-0.39, 0.29) is 194 Å². The zero-order valence-electron chi connectivity index (χ0n) is 43.8. The Morgan fingerprint density at radius 3 is 1.11 bits per heavy atom. The van der Waals surface area contributed by atoms with E-state index in [0.717, 1.165) is 24.3 Å². The molecule has 8 rings (SSSR count). The molecule has 4 N–H and O–H groups in total. The Kier molecular flexibility index (Phi) is 25.2. The Morgan fingerprint density at radius 2 is 0.786 bits per heavy atom. The number of fused-ring (bicyclic) bond motifs is 2. The standard InChI is InChI=1S/C47H32Cl4N10O15S4.4Na/c1-21-11-29(5-9-35(21)56-58-41-33(50)17-25(48)19-39(41)79(71,72)73)54-60-43-37(77(65,66)67)15-23-13-27(3-7-31(23)45(43)62)52-47(64)53-28-4-8-32-24(14-28)16-38(78(68,69)70)44(46(32)63)61-55-30-6-10-36(22(2)12-30)57-59-42-34(51)18-26(49)20-40(42)80(74,75)76;;;;/h3-20,62-63H,1-2H3,(H2,52,53,64)(H,65,66,67)(H,68,69,70)(H,71,72,73)(H,74,75,76);;;;/q;4*+1/p-4. The van der Waals surface area contributed by atoms with Crippen molar-refractivity contribution in [3.8, 4) is 11.5 Å². The summed E-state index contributed by atoms with van der Waals surface area (Å²) in [7, 11) is -20.4. The minimum absolute atomic E-state index is 0. The summed E-state index contributed by atoms with van der Waals surface area (Å²) in [5, 5.41) is 62.2. The molecule has 2 amide bonds. The normalized spacial score (nSPS) is 12.1. The van der Waals surface area contributed by atoms with Gasteiger partial charge in [0.25, 0.3) is 20.2 Å². The van der Waals surface area contributed by atoms with Crippen LogP contribution in [0.15, 0.2) is 170 Å². The van der Waals surface area contributed by atoms with Gasteiger partial charge in [-0.15, -0.1) is 20.5 Å². The Morgan fingerprint density at radius 1 is 0.440 bits per heavy atom. The number of aryl methyl sites for hydroxylation is 2. The number of amides is 2. The third-order valence-corrected chi connectivity index (χ3v) is 15.5. The number of nitrogens with zero attached hydrogens (tertiary/aromatic N) is 8. The molecule has 0 spiro atoms. The van der Waals surface area contributed by atoms with Crippen molar-refractivity contribution in [2.24, 2.45) is 40.9 Å². The van der Waals surface area contributed by atoms with Crippen LogP contribution >= 0.6 is 46.4 Å². The zero-order valence-corrected chi connectivity index (χ0v) is 58.1. The Hall–Kier alpha value is -3.65. The smallest absolute Gasteiger partial charge is 0.871 e. The van der Waals surface area contributed by atoms with Gasteiger partial charge in [0.15, 0.2) is 0 Å². The van der Waals surface area contributed by atoms with Crippen molar-refractivity contribution in [1.82, 2.24) is 0 Å². The molecule has 25 nitrogen and oxygen atoms in total. The van der Waals surface area contributed by atoms with Crippen LogP contribution in [0.4, 0.5) is 61.7 Å². The van der Waals surface area contributed by atoms with Crippen molar-refractivity contribution in [3.63, 3.8) is 0 Å². The number of carbonyl (C=O) groups is 1. The van der Waals surface area contributed by atoms with Crippen molar-refractivity contribution in [2.75, 3.05) is 10.6 Å². The summed E-state index contributed by atoms with van der Waals surface area (Å²) in [6, 6.07) is 20.4. The van der Waals surface area contributed by atoms with Crippen molar-refractivity contribution >= 4 is 171 Å². The van der Waals surface area contributed by atoms with Gasteiger partial charge in [-0.1, -0.05) is 70.0 Å². The molecule has 0 fully saturated rings. The van der Waals surface area contributed by atoms with Crippen LogP contribution in [-0.2, 0) is 40.5 Å². The van der Waals surface area contributed by atoms with Gasteiger partial charge in [-0.3, -0.25) is 9.11 Å². The summed E-state index contributed by atoms with van der Waals surface area (Å²) in [6.07, 6.45) is 0. The fourth-order valence-electron chi connectivity index (χ4n) is 7.42. The van der Waals surface area contributed by atoms with Crippen LogP contribution in [0, 0.1) is 13.8 Å².